The molecule has 1 unspecified atom stereocenters. The molecule has 1 saturated heterocycles. The molecule has 0 spiro atoms. The van der Waals surface area contributed by atoms with Crippen molar-refractivity contribution in [3.05, 3.63) is 34.4 Å². The first-order valence-corrected chi connectivity index (χ1v) is 6.80. The van der Waals surface area contributed by atoms with Crippen molar-refractivity contribution in [2.24, 2.45) is 0 Å². The van der Waals surface area contributed by atoms with Gasteiger partial charge in [-0.2, -0.15) is 0 Å². The van der Waals surface area contributed by atoms with Gasteiger partial charge in [-0.15, -0.1) is 0 Å². The van der Waals surface area contributed by atoms with Gasteiger partial charge < -0.3 is 19.8 Å². The molecule has 1 aromatic carbocycles. The van der Waals surface area contributed by atoms with Crippen LogP contribution in [0.2, 0.25) is 0 Å². The summed E-state index contributed by atoms with van der Waals surface area (Å²) in [6, 6.07) is 3.00. The molecule has 1 aliphatic rings. The third kappa shape index (κ3) is 2.91. The molecule has 1 aliphatic heterocycles. The van der Waals surface area contributed by atoms with Gasteiger partial charge in [0.15, 0.2) is 0 Å². The summed E-state index contributed by atoms with van der Waals surface area (Å²) in [5.41, 5.74) is 1.39. The predicted octanol–water partition coefficient (Wildman–Crippen LogP) is 0.835. The maximum atomic E-state index is 12.8. The number of aryl methyl sites for hydroxylation is 2. The number of morpholine rings is 1. The standard InChI is InChI=1S/C15H19NO5/c1-9-3-4-10(2)13(15(19)20)12(9)14(18)16-5-6-21-8-11(16)7-17/h3-4,11,17H,5-8H2,1-2H3,(H,19,20). The Morgan fingerprint density at radius 3 is 2.48 bits per heavy atom. The van der Waals surface area contributed by atoms with Gasteiger partial charge in [0.05, 0.1) is 37.0 Å². The van der Waals surface area contributed by atoms with Crippen molar-refractivity contribution in [2.75, 3.05) is 26.4 Å². The van der Waals surface area contributed by atoms with E-state index >= 15 is 0 Å². The van der Waals surface area contributed by atoms with Crippen LogP contribution in [0.3, 0.4) is 0 Å². The normalized spacial score (nSPS) is 18.6. The average Bonchev–Trinajstić information content (AvgIpc) is 2.48. The molecule has 0 saturated carbocycles. The van der Waals surface area contributed by atoms with Gasteiger partial charge in [0.1, 0.15) is 0 Å². The third-order valence-electron chi connectivity index (χ3n) is 3.75. The van der Waals surface area contributed by atoms with Crippen molar-refractivity contribution in [2.45, 2.75) is 19.9 Å². The Bertz CT molecular complexity index is 569. The number of carboxylic acid groups (broad SMARTS) is 1. The Kier molecular flexibility index (Phi) is 4.59. The van der Waals surface area contributed by atoms with E-state index in [0.717, 1.165) is 0 Å². The van der Waals surface area contributed by atoms with Gasteiger partial charge in [0.2, 0.25) is 0 Å². The van der Waals surface area contributed by atoms with Crippen molar-refractivity contribution in [3.8, 4) is 0 Å². The minimum atomic E-state index is -1.12. The second-order valence-corrected chi connectivity index (χ2v) is 5.16. The molecule has 0 radical (unpaired) electrons. The second-order valence-electron chi connectivity index (χ2n) is 5.16. The number of aliphatic hydroxyl groups is 1. The molecule has 114 valence electrons. The van der Waals surface area contributed by atoms with E-state index in [1.165, 1.54) is 4.90 Å². The van der Waals surface area contributed by atoms with Crippen molar-refractivity contribution < 1.29 is 24.5 Å². The van der Waals surface area contributed by atoms with Crippen LogP contribution in [0.1, 0.15) is 31.8 Å². The summed E-state index contributed by atoms with van der Waals surface area (Å²) in [6.07, 6.45) is 0. The van der Waals surface area contributed by atoms with Gasteiger partial charge in [0, 0.05) is 6.54 Å². The van der Waals surface area contributed by atoms with Gasteiger partial charge in [-0.3, -0.25) is 4.79 Å². The number of carbonyl (C=O) groups excluding carboxylic acids is 1. The quantitative estimate of drug-likeness (QED) is 0.862. The van der Waals surface area contributed by atoms with E-state index in [1.807, 2.05) is 0 Å². The summed E-state index contributed by atoms with van der Waals surface area (Å²) in [4.78, 5) is 25.7. The Morgan fingerprint density at radius 1 is 1.29 bits per heavy atom. The van der Waals surface area contributed by atoms with E-state index in [9.17, 15) is 19.8 Å². The Morgan fingerprint density at radius 2 is 1.90 bits per heavy atom. The lowest BCUT2D eigenvalue weighted by molar-refractivity contribution is -0.0185. The fourth-order valence-corrected chi connectivity index (χ4v) is 2.58. The van der Waals surface area contributed by atoms with Crippen LogP contribution in [-0.2, 0) is 4.74 Å². The lowest BCUT2D eigenvalue weighted by Gasteiger charge is -2.35. The molecule has 6 heteroatoms. The molecule has 1 amide bonds. The Labute approximate surface area is 122 Å². The summed E-state index contributed by atoms with van der Waals surface area (Å²) in [6.45, 7) is 4.16. The van der Waals surface area contributed by atoms with Crippen molar-refractivity contribution in [3.63, 3.8) is 0 Å². The van der Waals surface area contributed by atoms with E-state index in [4.69, 9.17) is 4.74 Å². The lowest BCUT2D eigenvalue weighted by Crippen LogP contribution is -2.51. The number of rotatable bonds is 3. The summed E-state index contributed by atoms with van der Waals surface area (Å²) < 4.78 is 5.25. The van der Waals surface area contributed by atoms with Gasteiger partial charge in [-0.05, 0) is 25.0 Å². The maximum Gasteiger partial charge on any atom is 0.336 e. The van der Waals surface area contributed by atoms with Crippen LogP contribution in [0, 0.1) is 13.8 Å². The fraction of sp³-hybridized carbons (Fsp3) is 0.467. The highest BCUT2D eigenvalue weighted by molar-refractivity contribution is 6.06. The number of ether oxygens (including phenoxy) is 1. The Hall–Kier alpha value is -1.92. The maximum absolute atomic E-state index is 12.8. The molecule has 1 atom stereocenters. The molecular formula is C15H19NO5. The molecule has 2 N–H and O–H groups in total. The van der Waals surface area contributed by atoms with Crippen LogP contribution in [0.5, 0.6) is 0 Å². The minimum Gasteiger partial charge on any atom is -0.478 e. The number of amides is 1. The number of hydrogen-bond donors (Lipinski definition) is 2. The molecule has 0 bridgehead atoms. The first-order chi connectivity index (χ1) is 9.97. The second kappa shape index (κ2) is 6.24. The van der Waals surface area contributed by atoms with Crippen LogP contribution >= 0.6 is 0 Å². The van der Waals surface area contributed by atoms with Gasteiger partial charge in [0.25, 0.3) is 5.91 Å². The smallest absolute Gasteiger partial charge is 0.336 e. The number of benzene rings is 1. The van der Waals surface area contributed by atoms with Crippen molar-refractivity contribution in [1.82, 2.24) is 4.90 Å². The zero-order valence-corrected chi connectivity index (χ0v) is 12.1. The summed E-state index contributed by atoms with van der Waals surface area (Å²) in [5, 5.41) is 18.8. The third-order valence-corrected chi connectivity index (χ3v) is 3.75. The van der Waals surface area contributed by atoms with Crippen LogP contribution in [0.4, 0.5) is 0 Å². The van der Waals surface area contributed by atoms with Crippen LogP contribution < -0.4 is 0 Å². The molecule has 0 aliphatic carbocycles. The molecule has 0 aromatic heterocycles. The monoisotopic (exact) mass is 293 g/mol. The summed E-state index contributed by atoms with van der Waals surface area (Å²) >= 11 is 0. The van der Waals surface area contributed by atoms with E-state index < -0.39 is 12.0 Å². The molecule has 1 fully saturated rings. The summed E-state index contributed by atoms with van der Waals surface area (Å²) in [7, 11) is 0. The highest BCUT2D eigenvalue weighted by Crippen LogP contribution is 2.22. The molecular weight excluding hydrogens is 274 g/mol. The Balaban J connectivity index is 2.47. The fourth-order valence-electron chi connectivity index (χ4n) is 2.58. The van der Waals surface area contributed by atoms with Crippen molar-refractivity contribution >= 4 is 11.9 Å². The van der Waals surface area contributed by atoms with Crippen LogP contribution in [-0.4, -0.2) is 59.4 Å². The molecule has 1 aromatic rings. The predicted molar refractivity (Wildman–Crippen MR) is 75.6 cm³/mol. The first-order valence-electron chi connectivity index (χ1n) is 6.80. The first kappa shape index (κ1) is 15.5. The number of aliphatic hydroxyl groups excluding tert-OH is 1. The van der Waals surface area contributed by atoms with Crippen molar-refractivity contribution in [1.29, 1.82) is 0 Å². The summed E-state index contributed by atoms with van der Waals surface area (Å²) in [5.74, 6) is -1.48. The number of carboxylic acids is 1. The van der Waals surface area contributed by atoms with E-state index in [0.29, 0.717) is 24.3 Å². The highest BCUT2D eigenvalue weighted by atomic mass is 16.5. The SMILES string of the molecule is Cc1ccc(C)c(C(=O)N2CCOCC2CO)c1C(=O)O. The molecule has 6 nitrogen and oxygen atoms in total. The van der Waals surface area contributed by atoms with Crippen LogP contribution in [0.25, 0.3) is 0 Å². The van der Waals surface area contributed by atoms with E-state index in [2.05, 4.69) is 0 Å². The number of aromatic carboxylic acids is 1. The molecule has 2 rings (SSSR count). The van der Waals surface area contributed by atoms with E-state index in [1.54, 1.807) is 26.0 Å². The minimum absolute atomic E-state index is 0.0307. The van der Waals surface area contributed by atoms with Gasteiger partial charge >= 0.3 is 5.97 Å². The number of hydrogen-bond acceptors (Lipinski definition) is 4. The topological polar surface area (TPSA) is 87.1 Å². The molecule has 21 heavy (non-hydrogen) atoms. The zero-order valence-electron chi connectivity index (χ0n) is 12.1. The average molecular weight is 293 g/mol. The van der Waals surface area contributed by atoms with Gasteiger partial charge in [-0.1, -0.05) is 12.1 Å². The number of nitrogens with zero attached hydrogens (tertiary/aromatic N) is 1. The number of carbonyl (C=O) groups is 2. The largest absolute Gasteiger partial charge is 0.478 e. The van der Waals surface area contributed by atoms with Crippen LogP contribution in [0.15, 0.2) is 12.1 Å². The van der Waals surface area contributed by atoms with Gasteiger partial charge in [-0.25, -0.2) is 4.79 Å². The highest BCUT2D eigenvalue weighted by Gasteiger charge is 2.31. The lowest BCUT2D eigenvalue weighted by atomic mass is 9.95. The van der Waals surface area contributed by atoms with E-state index in [-0.39, 0.29) is 30.2 Å². The molecule has 1 heterocycles. The zero-order chi connectivity index (χ0) is 15.6.